The third-order valence-electron chi connectivity index (χ3n) is 3.10. The highest BCUT2D eigenvalue weighted by Gasteiger charge is 2.15. The van der Waals surface area contributed by atoms with E-state index in [-0.39, 0.29) is 5.91 Å². The first-order valence-corrected chi connectivity index (χ1v) is 6.77. The summed E-state index contributed by atoms with van der Waals surface area (Å²) in [5.74, 6) is 0.238. The quantitative estimate of drug-likeness (QED) is 0.853. The van der Waals surface area contributed by atoms with Gasteiger partial charge in [0, 0.05) is 37.9 Å². The van der Waals surface area contributed by atoms with Crippen molar-refractivity contribution in [3.63, 3.8) is 0 Å². The van der Waals surface area contributed by atoms with Crippen LogP contribution in [0.5, 0.6) is 0 Å². The number of amides is 1. The van der Waals surface area contributed by atoms with Gasteiger partial charge in [-0.2, -0.15) is 0 Å². The van der Waals surface area contributed by atoms with E-state index in [0.29, 0.717) is 18.1 Å². The van der Waals surface area contributed by atoms with E-state index < -0.39 is 0 Å². The van der Waals surface area contributed by atoms with Crippen molar-refractivity contribution < 1.29 is 4.79 Å². The van der Waals surface area contributed by atoms with Crippen LogP contribution < -0.4 is 5.32 Å². The number of aromatic nitrogens is 1. The smallest absolute Gasteiger partial charge is 0.224 e. The largest absolute Gasteiger partial charge is 0.384 e. The molecule has 1 aliphatic heterocycles. The molecule has 1 N–H and O–H groups in total. The summed E-state index contributed by atoms with van der Waals surface area (Å²) in [6, 6.07) is 3.60. The van der Waals surface area contributed by atoms with E-state index in [0.717, 1.165) is 31.6 Å². The van der Waals surface area contributed by atoms with Gasteiger partial charge >= 0.3 is 0 Å². The number of hydrogen-bond donors (Lipinski definition) is 1. The number of piperidine rings is 1. The zero-order valence-electron chi connectivity index (χ0n) is 10.4. The number of likely N-dealkylation sites (tertiary alicyclic amines) is 1. The SMILES string of the molecule is O=C(CCNc1ccnc(Cl)c1)N1CCCCC1. The standard InChI is InChI=1S/C13H18ClN3O/c14-12-10-11(4-6-16-12)15-7-5-13(18)17-8-2-1-3-9-17/h4,6,10H,1-3,5,7-9H2,(H,15,16). The molecule has 0 saturated carbocycles. The average Bonchev–Trinajstić information content (AvgIpc) is 2.40. The number of nitrogens with zero attached hydrogens (tertiary/aromatic N) is 2. The second-order valence-corrected chi connectivity index (χ2v) is 4.87. The molecule has 18 heavy (non-hydrogen) atoms. The average molecular weight is 268 g/mol. The van der Waals surface area contributed by atoms with Gasteiger partial charge in [-0.25, -0.2) is 4.98 Å². The number of nitrogens with one attached hydrogen (secondary N) is 1. The van der Waals surface area contributed by atoms with Gasteiger partial charge in [0.2, 0.25) is 5.91 Å². The summed E-state index contributed by atoms with van der Waals surface area (Å²) in [5, 5.41) is 3.64. The fourth-order valence-electron chi connectivity index (χ4n) is 2.13. The Morgan fingerprint density at radius 1 is 1.39 bits per heavy atom. The van der Waals surface area contributed by atoms with Crippen LogP contribution in [-0.4, -0.2) is 35.4 Å². The zero-order chi connectivity index (χ0) is 12.8. The van der Waals surface area contributed by atoms with Gasteiger partial charge in [-0.05, 0) is 31.4 Å². The molecule has 4 nitrogen and oxygen atoms in total. The predicted octanol–water partition coefficient (Wildman–Crippen LogP) is 2.55. The summed E-state index contributed by atoms with van der Waals surface area (Å²) in [4.78, 5) is 17.8. The minimum absolute atomic E-state index is 0.238. The second kappa shape index (κ2) is 6.59. The Labute approximate surface area is 112 Å². The molecule has 0 unspecified atom stereocenters. The van der Waals surface area contributed by atoms with Crippen LogP contribution in [0.2, 0.25) is 5.15 Å². The maximum Gasteiger partial charge on any atom is 0.224 e. The Morgan fingerprint density at radius 3 is 2.89 bits per heavy atom. The third-order valence-corrected chi connectivity index (χ3v) is 3.31. The topological polar surface area (TPSA) is 45.2 Å². The zero-order valence-corrected chi connectivity index (χ0v) is 11.1. The van der Waals surface area contributed by atoms with Gasteiger partial charge in [0.15, 0.2) is 0 Å². The summed E-state index contributed by atoms with van der Waals surface area (Å²) in [6.45, 7) is 2.47. The molecule has 0 radical (unpaired) electrons. The lowest BCUT2D eigenvalue weighted by Gasteiger charge is -2.26. The summed E-state index contributed by atoms with van der Waals surface area (Å²) in [5.41, 5.74) is 0.904. The van der Waals surface area contributed by atoms with E-state index >= 15 is 0 Å². The van der Waals surface area contributed by atoms with Crippen LogP contribution in [0.1, 0.15) is 25.7 Å². The fraction of sp³-hybridized carbons (Fsp3) is 0.538. The van der Waals surface area contributed by atoms with E-state index in [9.17, 15) is 4.79 Å². The van der Waals surface area contributed by atoms with Gasteiger partial charge in [0.05, 0.1) is 0 Å². The van der Waals surface area contributed by atoms with Crippen LogP contribution in [-0.2, 0) is 4.79 Å². The Balaban J connectivity index is 1.73. The van der Waals surface area contributed by atoms with Crippen molar-refractivity contribution in [2.24, 2.45) is 0 Å². The Kier molecular flexibility index (Phi) is 4.81. The molecular weight excluding hydrogens is 250 g/mol. The predicted molar refractivity (Wildman–Crippen MR) is 72.8 cm³/mol. The van der Waals surface area contributed by atoms with Crippen molar-refractivity contribution in [2.45, 2.75) is 25.7 Å². The lowest BCUT2D eigenvalue weighted by atomic mass is 10.1. The monoisotopic (exact) mass is 267 g/mol. The van der Waals surface area contributed by atoms with E-state index in [1.54, 1.807) is 12.3 Å². The van der Waals surface area contributed by atoms with Crippen molar-refractivity contribution in [3.05, 3.63) is 23.5 Å². The molecule has 1 aromatic heterocycles. The molecular formula is C13H18ClN3O. The van der Waals surface area contributed by atoms with E-state index in [2.05, 4.69) is 10.3 Å². The number of halogens is 1. The van der Waals surface area contributed by atoms with Gasteiger partial charge < -0.3 is 10.2 Å². The molecule has 0 bridgehead atoms. The van der Waals surface area contributed by atoms with Crippen LogP contribution in [0.3, 0.4) is 0 Å². The van der Waals surface area contributed by atoms with Gasteiger partial charge in [-0.1, -0.05) is 11.6 Å². The van der Waals surface area contributed by atoms with Crippen LogP contribution in [0, 0.1) is 0 Å². The molecule has 1 fully saturated rings. The Morgan fingerprint density at radius 2 is 2.17 bits per heavy atom. The van der Waals surface area contributed by atoms with Crippen molar-refractivity contribution in [1.29, 1.82) is 0 Å². The van der Waals surface area contributed by atoms with Crippen LogP contribution in [0.25, 0.3) is 0 Å². The first-order chi connectivity index (χ1) is 8.75. The number of rotatable bonds is 4. The summed E-state index contributed by atoms with van der Waals surface area (Å²) < 4.78 is 0. The van der Waals surface area contributed by atoms with Crippen molar-refractivity contribution in [1.82, 2.24) is 9.88 Å². The van der Waals surface area contributed by atoms with Gasteiger partial charge in [0.25, 0.3) is 0 Å². The van der Waals surface area contributed by atoms with Crippen LogP contribution >= 0.6 is 11.6 Å². The number of anilines is 1. The molecule has 0 aliphatic carbocycles. The maximum atomic E-state index is 11.9. The minimum atomic E-state index is 0.238. The second-order valence-electron chi connectivity index (χ2n) is 4.49. The van der Waals surface area contributed by atoms with Gasteiger partial charge in [-0.3, -0.25) is 4.79 Å². The Hall–Kier alpha value is -1.29. The van der Waals surface area contributed by atoms with Crippen molar-refractivity contribution in [2.75, 3.05) is 25.0 Å². The van der Waals surface area contributed by atoms with Crippen molar-refractivity contribution >= 4 is 23.2 Å². The molecule has 2 heterocycles. The molecule has 0 aromatic carbocycles. The highest BCUT2D eigenvalue weighted by Crippen LogP contribution is 2.13. The molecule has 98 valence electrons. The summed E-state index contributed by atoms with van der Waals surface area (Å²) in [6.07, 6.45) is 5.70. The number of hydrogen-bond acceptors (Lipinski definition) is 3. The lowest BCUT2D eigenvalue weighted by molar-refractivity contribution is -0.131. The van der Waals surface area contributed by atoms with E-state index in [1.807, 2.05) is 11.0 Å². The molecule has 1 saturated heterocycles. The molecule has 0 spiro atoms. The number of carbonyl (C=O) groups is 1. The fourth-order valence-corrected chi connectivity index (χ4v) is 2.30. The first kappa shape index (κ1) is 13.1. The maximum absolute atomic E-state index is 11.9. The normalized spacial score (nSPS) is 15.5. The highest BCUT2D eigenvalue weighted by molar-refractivity contribution is 6.29. The van der Waals surface area contributed by atoms with Crippen LogP contribution in [0.4, 0.5) is 5.69 Å². The van der Waals surface area contributed by atoms with E-state index in [1.165, 1.54) is 6.42 Å². The third kappa shape index (κ3) is 3.88. The molecule has 1 aliphatic rings. The number of carbonyl (C=O) groups excluding carboxylic acids is 1. The molecule has 1 aromatic rings. The molecule has 5 heteroatoms. The molecule has 1 amide bonds. The van der Waals surface area contributed by atoms with Gasteiger partial charge in [-0.15, -0.1) is 0 Å². The first-order valence-electron chi connectivity index (χ1n) is 6.39. The van der Waals surface area contributed by atoms with Crippen LogP contribution in [0.15, 0.2) is 18.3 Å². The Bertz CT molecular complexity index is 405. The van der Waals surface area contributed by atoms with Gasteiger partial charge in [0.1, 0.15) is 5.15 Å². The molecule has 0 atom stereocenters. The molecule has 2 rings (SSSR count). The minimum Gasteiger partial charge on any atom is -0.384 e. The number of pyridine rings is 1. The van der Waals surface area contributed by atoms with Crippen molar-refractivity contribution in [3.8, 4) is 0 Å². The lowest BCUT2D eigenvalue weighted by Crippen LogP contribution is -2.36. The summed E-state index contributed by atoms with van der Waals surface area (Å²) >= 11 is 5.78. The summed E-state index contributed by atoms with van der Waals surface area (Å²) in [7, 11) is 0. The van der Waals surface area contributed by atoms with E-state index in [4.69, 9.17) is 11.6 Å². The highest BCUT2D eigenvalue weighted by atomic mass is 35.5.